The average molecular weight is 496 g/mol. The maximum Gasteiger partial charge on any atom is 0.230 e. The molecule has 0 aliphatic carbocycles. The number of hydrogen-bond acceptors (Lipinski definition) is 10. The fourth-order valence-electron chi connectivity index (χ4n) is 4.91. The Morgan fingerprint density at radius 3 is 2.56 bits per heavy atom. The van der Waals surface area contributed by atoms with Gasteiger partial charge >= 0.3 is 0 Å². The van der Waals surface area contributed by atoms with Crippen LogP contribution in [-0.2, 0) is 21.4 Å². The van der Waals surface area contributed by atoms with Gasteiger partial charge in [0.25, 0.3) is 0 Å². The van der Waals surface area contributed by atoms with E-state index in [1.807, 2.05) is 11.9 Å². The molecule has 0 radical (unpaired) electrons. The largest absolute Gasteiger partial charge is 0.481 e. The number of nitrogens with zero attached hydrogens (tertiary/aromatic N) is 5. The topological polar surface area (TPSA) is 146 Å². The summed E-state index contributed by atoms with van der Waals surface area (Å²) in [7, 11) is 1.63. The van der Waals surface area contributed by atoms with Gasteiger partial charge in [0.2, 0.25) is 21.9 Å². The number of nitrogens with one attached hydrogen (secondary N) is 2. The van der Waals surface area contributed by atoms with E-state index in [0.29, 0.717) is 42.0 Å². The van der Waals surface area contributed by atoms with Gasteiger partial charge in [0, 0.05) is 44.4 Å². The number of rotatable bonds is 10. The van der Waals surface area contributed by atoms with E-state index in [9.17, 15) is 13.5 Å². The maximum atomic E-state index is 13.0. The quantitative estimate of drug-likeness (QED) is 0.440. The minimum Gasteiger partial charge on any atom is -0.481 e. The number of aromatic nitrogens is 4. The third-order valence-corrected chi connectivity index (χ3v) is 8.49. The number of aliphatic hydroxyl groups is 1. The van der Waals surface area contributed by atoms with Gasteiger partial charge in [0.1, 0.15) is 5.82 Å². The highest BCUT2D eigenvalue weighted by Gasteiger charge is 2.45. The van der Waals surface area contributed by atoms with E-state index in [4.69, 9.17) is 9.47 Å². The van der Waals surface area contributed by atoms with Crippen molar-refractivity contribution in [1.29, 1.82) is 0 Å². The zero-order chi connectivity index (χ0) is 24.3. The molecular formula is C21H33N7O5S. The summed E-state index contributed by atoms with van der Waals surface area (Å²) in [5.74, 6) is 1.92. The number of aliphatic hydroxyl groups excluding tert-OH is 1. The van der Waals surface area contributed by atoms with E-state index < -0.39 is 10.0 Å². The molecule has 2 aliphatic heterocycles. The maximum absolute atomic E-state index is 13.0. The lowest BCUT2D eigenvalue weighted by Gasteiger charge is -2.49. The fraction of sp³-hybridized carbons (Fsp3) is 0.667. The van der Waals surface area contributed by atoms with Crippen LogP contribution in [0.3, 0.4) is 0 Å². The summed E-state index contributed by atoms with van der Waals surface area (Å²) < 4.78 is 38.1. The lowest BCUT2D eigenvalue weighted by atomic mass is 9.83. The van der Waals surface area contributed by atoms with E-state index in [0.717, 1.165) is 19.3 Å². The first-order chi connectivity index (χ1) is 16.3. The summed E-state index contributed by atoms with van der Waals surface area (Å²) in [6.45, 7) is 0.0583. The molecule has 12 nitrogen and oxygen atoms in total. The van der Waals surface area contributed by atoms with Gasteiger partial charge in [-0.25, -0.2) is 8.42 Å². The number of H-pyrrole nitrogens is 1. The molecule has 3 atom stereocenters. The zero-order valence-corrected chi connectivity index (χ0v) is 20.6. The van der Waals surface area contributed by atoms with Crippen LogP contribution in [0.2, 0.25) is 0 Å². The van der Waals surface area contributed by atoms with Crippen LogP contribution in [0.25, 0.3) is 0 Å². The van der Waals surface area contributed by atoms with E-state index in [1.165, 1.54) is 7.11 Å². The molecule has 3 N–H and O–H groups in total. The van der Waals surface area contributed by atoms with Crippen LogP contribution >= 0.6 is 0 Å². The van der Waals surface area contributed by atoms with E-state index in [1.54, 1.807) is 23.5 Å². The molecule has 2 aromatic heterocycles. The van der Waals surface area contributed by atoms with Crippen molar-refractivity contribution in [3.05, 3.63) is 17.8 Å². The molecule has 4 rings (SSSR count). The molecule has 2 aliphatic rings. The first kappa shape index (κ1) is 24.6. The van der Waals surface area contributed by atoms with Crippen molar-refractivity contribution < 1.29 is 23.0 Å². The minimum absolute atomic E-state index is 0.0101. The lowest BCUT2D eigenvalue weighted by Crippen LogP contribution is -2.59. The number of anilines is 3. The highest BCUT2D eigenvalue weighted by molar-refractivity contribution is 7.89. The van der Waals surface area contributed by atoms with Crippen LogP contribution in [0.4, 0.5) is 17.6 Å². The lowest BCUT2D eigenvalue weighted by molar-refractivity contribution is 0.108. The number of methoxy groups -OCH3 is 2. The molecular weight excluding hydrogens is 462 g/mol. The predicted molar refractivity (Wildman–Crippen MR) is 127 cm³/mol. The number of sulfonamides is 1. The summed E-state index contributed by atoms with van der Waals surface area (Å²) >= 11 is 0. The Bertz CT molecular complexity index is 1070. The van der Waals surface area contributed by atoms with Crippen molar-refractivity contribution in [2.24, 2.45) is 0 Å². The molecule has 0 saturated carbocycles. The number of fused-ring (bicyclic) bond motifs is 2. The normalized spacial score (nSPS) is 23.0. The Morgan fingerprint density at radius 2 is 1.94 bits per heavy atom. The van der Waals surface area contributed by atoms with Gasteiger partial charge in [-0.1, -0.05) is 6.42 Å². The minimum atomic E-state index is -3.37. The second-order valence-electron chi connectivity index (χ2n) is 8.77. The van der Waals surface area contributed by atoms with Gasteiger partial charge in [0.05, 0.1) is 31.8 Å². The molecule has 2 fully saturated rings. The van der Waals surface area contributed by atoms with Crippen molar-refractivity contribution in [3.8, 4) is 5.88 Å². The second kappa shape index (κ2) is 10.4. The smallest absolute Gasteiger partial charge is 0.230 e. The summed E-state index contributed by atoms with van der Waals surface area (Å²) in [5, 5.41) is 19.2. The predicted octanol–water partition coefficient (Wildman–Crippen LogP) is 1.24. The van der Waals surface area contributed by atoms with Gasteiger partial charge in [0.15, 0.2) is 5.82 Å². The SMILES string of the molecule is COCCS(=O)(=O)N1[C@@H]2CCC[C@H]1C[C@H](N(C)c1nc(Nc3cc(CO)[nH]n3)cc(OC)n1)C2. The standard InChI is InChI=1S/C21H33N7O5S/c1-27(17-10-15-5-4-6-16(11-17)28(15)34(30,31)8-7-32-2)21-23-18(12-20(24-21)33-3)22-19-9-14(13-29)25-26-19/h9,12,15-17,29H,4-8,10-11,13H2,1-3H3,(H2,22,23,24,25,26)/t15-,16+,17-. The molecule has 34 heavy (non-hydrogen) atoms. The monoisotopic (exact) mass is 495 g/mol. The molecule has 0 spiro atoms. The highest BCUT2D eigenvalue weighted by atomic mass is 32.2. The number of hydrogen-bond donors (Lipinski definition) is 3. The molecule has 13 heteroatoms. The molecule has 2 aromatic rings. The van der Waals surface area contributed by atoms with Gasteiger partial charge in [-0.2, -0.15) is 19.4 Å². The van der Waals surface area contributed by atoms with Crippen molar-refractivity contribution in [2.45, 2.75) is 56.8 Å². The molecule has 0 amide bonds. The van der Waals surface area contributed by atoms with E-state index >= 15 is 0 Å². The summed E-state index contributed by atoms with van der Waals surface area (Å²) in [6, 6.07) is 3.39. The van der Waals surface area contributed by atoms with Crippen LogP contribution in [0, 0.1) is 0 Å². The van der Waals surface area contributed by atoms with Crippen molar-refractivity contribution >= 4 is 27.6 Å². The Kier molecular flexibility index (Phi) is 7.55. The Balaban J connectivity index is 1.53. The molecule has 2 bridgehead atoms. The van der Waals surface area contributed by atoms with Gasteiger partial charge < -0.3 is 24.8 Å². The number of piperidine rings is 2. The first-order valence-corrected chi connectivity index (χ1v) is 13.0. The van der Waals surface area contributed by atoms with Gasteiger partial charge in [-0.3, -0.25) is 5.10 Å². The fourth-order valence-corrected chi connectivity index (χ4v) is 6.79. The van der Waals surface area contributed by atoms with Crippen molar-refractivity contribution in [3.63, 3.8) is 0 Å². The molecule has 0 aromatic carbocycles. The van der Waals surface area contributed by atoms with Crippen LogP contribution in [0.5, 0.6) is 5.88 Å². The summed E-state index contributed by atoms with van der Waals surface area (Å²) in [5.41, 5.74) is 0.583. The molecule has 188 valence electrons. The summed E-state index contributed by atoms with van der Waals surface area (Å²) in [4.78, 5) is 11.2. The van der Waals surface area contributed by atoms with Crippen LogP contribution < -0.4 is 15.0 Å². The molecule has 4 heterocycles. The molecule has 2 saturated heterocycles. The van der Waals surface area contributed by atoms with Gasteiger partial charge in [-0.05, 0) is 25.7 Å². The van der Waals surface area contributed by atoms with Gasteiger partial charge in [-0.15, -0.1) is 0 Å². The number of aromatic amines is 1. The van der Waals surface area contributed by atoms with E-state index in [-0.39, 0.29) is 37.1 Å². The molecule has 0 unspecified atom stereocenters. The highest BCUT2D eigenvalue weighted by Crippen LogP contribution is 2.38. The first-order valence-electron chi connectivity index (χ1n) is 11.4. The van der Waals surface area contributed by atoms with Crippen molar-refractivity contribution in [2.75, 3.05) is 43.8 Å². The zero-order valence-electron chi connectivity index (χ0n) is 19.8. The Morgan fingerprint density at radius 1 is 1.21 bits per heavy atom. The third-order valence-electron chi connectivity index (χ3n) is 6.57. The van der Waals surface area contributed by atoms with E-state index in [2.05, 4.69) is 25.5 Å². The van der Waals surface area contributed by atoms with Crippen LogP contribution in [0.15, 0.2) is 12.1 Å². The number of ether oxygens (including phenoxy) is 2. The van der Waals surface area contributed by atoms with Crippen molar-refractivity contribution in [1.82, 2.24) is 24.5 Å². The Labute approximate surface area is 199 Å². The third kappa shape index (κ3) is 5.27. The second-order valence-corrected chi connectivity index (χ2v) is 10.8. The average Bonchev–Trinajstić information content (AvgIpc) is 3.28. The Hall–Kier alpha value is -2.48. The van der Waals surface area contributed by atoms with Crippen LogP contribution in [-0.4, -0.2) is 89.7 Å². The van der Waals surface area contributed by atoms with Crippen LogP contribution in [0.1, 0.15) is 37.8 Å². The summed E-state index contributed by atoms with van der Waals surface area (Å²) in [6.07, 6.45) is 4.16.